The Balaban J connectivity index is 0.00000243. The highest BCUT2D eigenvalue weighted by molar-refractivity contribution is 6.30. The van der Waals surface area contributed by atoms with Gasteiger partial charge < -0.3 is 10.6 Å². The third kappa shape index (κ3) is 4.81. The van der Waals surface area contributed by atoms with E-state index in [1.807, 2.05) is 37.4 Å². The highest BCUT2D eigenvalue weighted by atomic mass is 35.5. The molecule has 0 spiro atoms. The summed E-state index contributed by atoms with van der Waals surface area (Å²) < 4.78 is 1.68. The summed E-state index contributed by atoms with van der Waals surface area (Å²) in [6.45, 7) is 6.98. The molecule has 140 valence electrons. The van der Waals surface area contributed by atoms with Crippen LogP contribution in [0.4, 0.5) is 5.69 Å². The summed E-state index contributed by atoms with van der Waals surface area (Å²) in [7, 11) is 0. The lowest BCUT2D eigenvalue weighted by molar-refractivity contribution is 0.284. The van der Waals surface area contributed by atoms with Crippen molar-refractivity contribution in [1.82, 2.24) is 9.47 Å². The molecule has 1 aromatic heterocycles. The molecule has 0 radical (unpaired) electrons. The molecule has 0 saturated carbocycles. The van der Waals surface area contributed by atoms with Gasteiger partial charge in [-0.1, -0.05) is 29.8 Å². The zero-order valence-electron chi connectivity index (χ0n) is 14.9. The van der Waals surface area contributed by atoms with Gasteiger partial charge in [0.25, 0.3) is 0 Å². The molecule has 1 aliphatic heterocycles. The van der Waals surface area contributed by atoms with Crippen LogP contribution in [0.5, 0.6) is 0 Å². The van der Waals surface area contributed by atoms with Crippen LogP contribution in [0.3, 0.4) is 0 Å². The molecule has 1 aromatic carbocycles. The molecular formula is C19H25Cl2N5. The fourth-order valence-electron chi connectivity index (χ4n) is 3.15. The van der Waals surface area contributed by atoms with E-state index in [-0.39, 0.29) is 18.4 Å². The van der Waals surface area contributed by atoms with E-state index in [1.165, 1.54) is 5.69 Å². The van der Waals surface area contributed by atoms with E-state index >= 15 is 0 Å². The second-order valence-electron chi connectivity index (χ2n) is 6.28. The molecule has 7 heteroatoms. The van der Waals surface area contributed by atoms with E-state index in [0.717, 1.165) is 49.0 Å². The molecular weight excluding hydrogens is 369 g/mol. The fourth-order valence-corrected chi connectivity index (χ4v) is 3.34. The Morgan fingerprint density at radius 2 is 1.96 bits per heavy atom. The van der Waals surface area contributed by atoms with E-state index in [0.29, 0.717) is 0 Å². The largest absolute Gasteiger partial charge is 0.369 e. The maximum absolute atomic E-state index is 7.53. The Labute approximate surface area is 165 Å². The minimum atomic E-state index is 0. The molecule has 0 bridgehead atoms. The van der Waals surface area contributed by atoms with E-state index < -0.39 is 0 Å². The number of nitrogens with two attached hydrogens (primary N) is 1. The van der Waals surface area contributed by atoms with Crippen molar-refractivity contribution in [3.8, 4) is 0 Å². The number of hydrogen-bond acceptors (Lipinski definition) is 3. The lowest BCUT2D eigenvalue weighted by Crippen LogP contribution is -2.46. The number of benzene rings is 1. The molecule has 0 unspecified atom stereocenters. The van der Waals surface area contributed by atoms with Crippen molar-refractivity contribution in [2.75, 3.05) is 37.6 Å². The molecule has 5 nitrogen and oxygen atoms in total. The van der Waals surface area contributed by atoms with Gasteiger partial charge >= 0.3 is 0 Å². The quantitative estimate of drug-likeness (QED) is 0.617. The Morgan fingerprint density at radius 3 is 2.58 bits per heavy atom. The molecule has 26 heavy (non-hydrogen) atoms. The summed E-state index contributed by atoms with van der Waals surface area (Å²) >= 11 is 6.08. The van der Waals surface area contributed by atoms with Crippen LogP contribution < -0.4 is 10.6 Å². The monoisotopic (exact) mass is 393 g/mol. The second kappa shape index (κ2) is 9.12. The number of halogens is 2. The van der Waals surface area contributed by atoms with E-state index in [1.54, 1.807) is 4.57 Å². The number of nitrogens with zero attached hydrogens (tertiary/aromatic N) is 3. The Morgan fingerprint density at radius 1 is 1.23 bits per heavy atom. The normalized spacial score (nSPS) is 15.2. The Hall–Kier alpha value is -1.95. The predicted molar refractivity (Wildman–Crippen MR) is 113 cm³/mol. The smallest absolute Gasteiger partial charge is 0.196 e. The molecule has 0 atom stereocenters. The van der Waals surface area contributed by atoms with Gasteiger partial charge in [0, 0.05) is 55.3 Å². The summed E-state index contributed by atoms with van der Waals surface area (Å²) in [6, 6.07) is 10.0. The zero-order chi connectivity index (χ0) is 17.8. The number of anilines is 1. The molecule has 1 fully saturated rings. The van der Waals surface area contributed by atoms with Gasteiger partial charge in [0.2, 0.25) is 0 Å². The van der Waals surface area contributed by atoms with E-state index in [9.17, 15) is 0 Å². The zero-order valence-corrected chi connectivity index (χ0v) is 16.4. The van der Waals surface area contributed by atoms with Crippen LogP contribution in [0.1, 0.15) is 11.3 Å². The van der Waals surface area contributed by atoms with Gasteiger partial charge in [-0.25, -0.2) is 0 Å². The van der Waals surface area contributed by atoms with Crippen molar-refractivity contribution in [2.45, 2.75) is 6.92 Å². The molecule has 2 heterocycles. The Bertz CT molecular complexity index is 776. The average molecular weight is 394 g/mol. The summed E-state index contributed by atoms with van der Waals surface area (Å²) in [5.74, 6) is 0.0503. The first-order valence-electron chi connectivity index (χ1n) is 8.46. The number of nitrogens with one attached hydrogen (secondary N) is 1. The standard InChI is InChI=1S/C19H24ClN5.ClH/c1-15-16(7-9-25(15)19(21)22)4-3-8-23-10-12-24(13-11-23)18-6-2-5-17(20)14-18;/h2-7,9,14H,8,10-13H2,1H3,(H3,21,22);1H/b4-3+;. The van der Waals surface area contributed by atoms with Gasteiger partial charge in [-0.05, 0) is 36.8 Å². The van der Waals surface area contributed by atoms with Gasteiger partial charge in [-0.3, -0.25) is 14.9 Å². The van der Waals surface area contributed by atoms with Crippen LogP contribution in [-0.4, -0.2) is 48.2 Å². The fraction of sp³-hybridized carbons (Fsp3) is 0.316. The number of aromatic nitrogens is 1. The highest BCUT2D eigenvalue weighted by Crippen LogP contribution is 2.20. The van der Waals surface area contributed by atoms with Crippen molar-refractivity contribution in [2.24, 2.45) is 5.73 Å². The average Bonchev–Trinajstić information content (AvgIpc) is 2.97. The molecule has 3 rings (SSSR count). The van der Waals surface area contributed by atoms with Crippen molar-refractivity contribution in [3.05, 3.63) is 58.9 Å². The summed E-state index contributed by atoms with van der Waals surface area (Å²) in [5.41, 5.74) is 8.84. The first-order valence-corrected chi connectivity index (χ1v) is 8.84. The van der Waals surface area contributed by atoms with Crippen molar-refractivity contribution >= 4 is 41.7 Å². The Kier molecular flexibility index (Phi) is 7.14. The minimum Gasteiger partial charge on any atom is -0.369 e. The number of hydrogen-bond donors (Lipinski definition) is 2. The SMILES string of the molecule is Cc1c(/C=C/CN2CCN(c3cccc(Cl)c3)CC2)ccn1C(=N)N.Cl. The van der Waals surface area contributed by atoms with Gasteiger partial charge in [-0.2, -0.15) is 0 Å². The van der Waals surface area contributed by atoms with Crippen molar-refractivity contribution < 1.29 is 0 Å². The summed E-state index contributed by atoms with van der Waals surface area (Å²) in [5, 5.41) is 8.31. The van der Waals surface area contributed by atoms with Gasteiger partial charge in [-0.15, -0.1) is 12.4 Å². The molecule has 0 aliphatic carbocycles. The molecule has 2 aromatic rings. The van der Waals surface area contributed by atoms with Crippen LogP contribution >= 0.6 is 24.0 Å². The summed E-state index contributed by atoms with van der Waals surface area (Å²) in [6.07, 6.45) is 6.13. The highest BCUT2D eigenvalue weighted by Gasteiger charge is 2.16. The molecule has 0 amide bonds. The molecule has 3 N–H and O–H groups in total. The van der Waals surface area contributed by atoms with Crippen LogP contribution in [-0.2, 0) is 0 Å². The van der Waals surface area contributed by atoms with Crippen molar-refractivity contribution in [1.29, 1.82) is 5.41 Å². The lowest BCUT2D eigenvalue weighted by Gasteiger charge is -2.35. The lowest BCUT2D eigenvalue weighted by atomic mass is 10.2. The van der Waals surface area contributed by atoms with Gasteiger partial charge in [0.15, 0.2) is 5.96 Å². The topological polar surface area (TPSA) is 61.3 Å². The summed E-state index contributed by atoms with van der Waals surface area (Å²) in [4.78, 5) is 4.82. The van der Waals surface area contributed by atoms with Crippen LogP contribution in [0, 0.1) is 12.3 Å². The third-order valence-corrected chi connectivity index (χ3v) is 4.88. The number of nitrogen functional groups attached to an aromatic ring is 1. The van der Waals surface area contributed by atoms with Crippen LogP contribution in [0.25, 0.3) is 6.08 Å². The van der Waals surface area contributed by atoms with Gasteiger partial charge in [0.1, 0.15) is 0 Å². The predicted octanol–water partition coefficient (Wildman–Crippen LogP) is 3.45. The third-order valence-electron chi connectivity index (χ3n) is 4.65. The van der Waals surface area contributed by atoms with E-state index in [2.05, 4.69) is 28.0 Å². The maximum Gasteiger partial charge on any atom is 0.196 e. The maximum atomic E-state index is 7.53. The minimum absolute atomic E-state index is 0. The van der Waals surface area contributed by atoms with Crippen LogP contribution in [0.2, 0.25) is 5.02 Å². The number of rotatable bonds is 4. The van der Waals surface area contributed by atoms with Gasteiger partial charge in [0.05, 0.1) is 0 Å². The van der Waals surface area contributed by atoms with E-state index in [4.69, 9.17) is 22.7 Å². The van der Waals surface area contributed by atoms with Crippen molar-refractivity contribution in [3.63, 3.8) is 0 Å². The van der Waals surface area contributed by atoms with Crippen LogP contribution in [0.15, 0.2) is 42.6 Å². The first-order chi connectivity index (χ1) is 12.0. The molecule has 1 aliphatic rings. The number of piperazine rings is 1. The second-order valence-corrected chi connectivity index (χ2v) is 6.72. The molecule has 1 saturated heterocycles. The first kappa shape index (κ1) is 20.4.